The van der Waals surface area contributed by atoms with Crippen molar-refractivity contribution in [3.05, 3.63) is 57.8 Å². The molecular formula is C28H37N3O2S. The molecule has 5 rings (SSSR count). The van der Waals surface area contributed by atoms with E-state index in [0.717, 1.165) is 25.3 Å². The van der Waals surface area contributed by atoms with Gasteiger partial charge in [-0.15, -0.1) is 11.3 Å². The van der Waals surface area contributed by atoms with Crippen molar-refractivity contribution in [2.75, 3.05) is 32.7 Å². The zero-order chi connectivity index (χ0) is 23.5. The minimum absolute atomic E-state index is 0.119. The highest BCUT2D eigenvalue weighted by Crippen LogP contribution is 2.39. The van der Waals surface area contributed by atoms with Crippen molar-refractivity contribution >= 4 is 23.2 Å². The number of amides is 2. The molecule has 1 saturated heterocycles. The third-order valence-electron chi connectivity index (χ3n) is 8.16. The first kappa shape index (κ1) is 23.6. The molecule has 2 aliphatic heterocycles. The number of carbonyl (C=O) groups is 2. The quantitative estimate of drug-likeness (QED) is 0.602. The van der Waals surface area contributed by atoms with Gasteiger partial charge in [-0.05, 0) is 48.3 Å². The van der Waals surface area contributed by atoms with Crippen LogP contribution in [0, 0.1) is 5.92 Å². The fourth-order valence-corrected chi connectivity index (χ4v) is 7.03. The molecule has 1 aromatic carbocycles. The van der Waals surface area contributed by atoms with Crippen LogP contribution in [-0.4, -0.2) is 65.3 Å². The van der Waals surface area contributed by atoms with E-state index in [-0.39, 0.29) is 23.9 Å². The van der Waals surface area contributed by atoms with Crippen molar-refractivity contribution < 1.29 is 9.59 Å². The maximum Gasteiger partial charge on any atom is 0.239 e. The molecule has 2 amide bonds. The summed E-state index contributed by atoms with van der Waals surface area (Å²) in [6, 6.07) is 12.7. The third-order valence-corrected chi connectivity index (χ3v) is 9.16. The van der Waals surface area contributed by atoms with Gasteiger partial charge in [0.25, 0.3) is 0 Å². The molecule has 1 aliphatic carbocycles. The fraction of sp³-hybridized carbons (Fsp3) is 0.571. The van der Waals surface area contributed by atoms with Crippen molar-refractivity contribution in [2.24, 2.45) is 5.92 Å². The smallest absolute Gasteiger partial charge is 0.239 e. The molecule has 5 nitrogen and oxygen atoms in total. The van der Waals surface area contributed by atoms with Crippen LogP contribution >= 0.6 is 11.3 Å². The van der Waals surface area contributed by atoms with Gasteiger partial charge in [-0.25, -0.2) is 0 Å². The molecule has 2 fully saturated rings. The van der Waals surface area contributed by atoms with Gasteiger partial charge >= 0.3 is 0 Å². The van der Waals surface area contributed by atoms with Gasteiger partial charge in [-0.1, -0.05) is 56.0 Å². The summed E-state index contributed by atoms with van der Waals surface area (Å²) in [5.74, 6) is 1.22. The van der Waals surface area contributed by atoms with Crippen molar-refractivity contribution in [1.82, 2.24) is 14.7 Å². The molecule has 2 aromatic rings. The lowest BCUT2D eigenvalue weighted by molar-refractivity contribution is -0.143. The monoisotopic (exact) mass is 479 g/mol. The standard InChI is InChI=1S/C28H37N3O2S/c1-21(31-15-13-25-24(14-20-34-25)27(31)23-9-3-2-4-10-23)28(33)30-18-16-29(17-19-30)26(32)12-11-22-7-5-6-8-22/h2-4,9-10,14,20-22,27H,5-8,11-13,15-19H2,1H3. The lowest BCUT2D eigenvalue weighted by Gasteiger charge is -2.42. The van der Waals surface area contributed by atoms with Crippen molar-refractivity contribution in [2.45, 2.75) is 64.0 Å². The van der Waals surface area contributed by atoms with Crippen LogP contribution in [0.2, 0.25) is 0 Å². The predicted molar refractivity (Wildman–Crippen MR) is 137 cm³/mol. The van der Waals surface area contributed by atoms with Crippen molar-refractivity contribution in [1.29, 1.82) is 0 Å². The molecule has 0 bridgehead atoms. The molecular weight excluding hydrogens is 442 g/mol. The van der Waals surface area contributed by atoms with E-state index in [1.54, 1.807) is 0 Å². The van der Waals surface area contributed by atoms with Gasteiger partial charge in [0.05, 0.1) is 12.1 Å². The number of nitrogens with zero attached hydrogens (tertiary/aromatic N) is 3. The van der Waals surface area contributed by atoms with Gasteiger partial charge in [-0.3, -0.25) is 14.5 Å². The Morgan fingerprint density at radius 2 is 1.68 bits per heavy atom. The van der Waals surface area contributed by atoms with E-state index in [1.807, 2.05) is 27.2 Å². The van der Waals surface area contributed by atoms with Crippen molar-refractivity contribution in [3.63, 3.8) is 0 Å². The Labute approximate surface area is 207 Å². The van der Waals surface area contributed by atoms with Crippen LogP contribution in [0.15, 0.2) is 41.8 Å². The summed E-state index contributed by atoms with van der Waals surface area (Å²) in [6.45, 7) is 5.57. The normalized spacial score (nSPS) is 22.6. The first-order valence-corrected chi connectivity index (χ1v) is 13.9. The highest BCUT2D eigenvalue weighted by atomic mass is 32.1. The maximum absolute atomic E-state index is 13.6. The average molecular weight is 480 g/mol. The topological polar surface area (TPSA) is 43.9 Å². The third kappa shape index (κ3) is 4.94. The van der Waals surface area contributed by atoms with E-state index in [2.05, 4.69) is 47.5 Å². The number of carbonyl (C=O) groups excluding carboxylic acids is 2. The SMILES string of the molecule is CC(C(=O)N1CCN(C(=O)CCC2CCCC2)CC1)N1CCc2sccc2C1c1ccccc1. The number of hydrogen-bond acceptors (Lipinski definition) is 4. The predicted octanol–water partition coefficient (Wildman–Crippen LogP) is 4.73. The van der Waals surface area contributed by atoms with Crippen LogP contribution in [0.25, 0.3) is 0 Å². The zero-order valence-electron chi connectivity index (χ0n) is 20.3. The Bertz CT molecular complexity index is 977. The Morgan fingerprint density at radius 3 is 2.41 bits per heavy atom. The zero-order valence-corrected chi connectivity index (χ0v) is 21.1. The summed E-state index contributed by atoms with van der Waals surface area (Å²) in [5, 5.41) is 2.18. The van der Waals surface area contributed by atoms with E-state index in [0.29, 0.717) is 32.6 Å². The molecule has 2 atom stereocenters. The minimum atomic E-state index is -0.192. The lowest BCUT2D eigenvalue weighted by Crippen LogP contribution is -2.56. The Balaban J connectivity index is 1.20. The van der Waals surface area contributed by atoms with Gasteiger partial charge in [0.2, 0.25) is 11.8 Å². The van der Waals surface area contributed by atoms with E-state index in [9.17, 15) is 9.59 Å². The number of thiophene rings is 1. The van der Waals surface area contributed by atoms with Gasteiger partial charge in [0, 0.05) is 44.0 Å². The van der Waals surface area contributed by atoms with Crippen LogP contribution in [-0.2, 0) is 16.0 Å². The lowest BCUT2D eigenvalue weighted by atomic mass is 9.92. The van der Waals surface area contributed by atoms with Crippen molar-refractivity contribution in [3.8, 4) is 0 Å². The van der Waals surface area contributed by atoms with Gasteiger partial charge in [-0.2, -0.15) is 0 Å². The molecule has 182 valence electrons. The number of rotatable bonds is 6. The second-order valence-electron chi connectivity index (χ2n) is 10.2. The van der Waals surface area contributed by atoms with Crippen LogP contribution in [0.3, 0.4) is 0 Å². The summed E-state index contributed by atoms with van der Waals surface area (Å²) in [5.41, 5.74) is 2.60. The summed E-state index contributed by atoms with van der Waals surface area (Å²) in [4.78, 5) is 34.1. The number of benzene rings is 1. The fourth-order valence-electron chi connectivity index (χ4n) is 6.13. The molecule has 2 unspecified atom stereocenters. The van der Waals surface area contributed by atoms with Gasteiger partial charge in [0.1, 0.15) is 0 Å². The Kier molecular flexibility index (Phi) is 7.35. The molecule has 1 aromatic heterocycles. The van der Waals surface area contributed by atoms with Gasteiger partial charge < -0.3 is 9.80 Å². The second kappa shape index (κ2) is 10.6. The first-order valence-electron chi connectivity index (χ1n) is 13.1. The highest BCUT2D eigenvalue weighted by Gasteiger charge is 2.37. The molecule has 34 heavy (non-hydrogen) atoms. The first-order chi connectivity index (χ1) is 16.6. The summed E-state index contributed by atoms with van der Waals surface area (Å²) >= 11 is 1.83. The Hall–Kier alpha value is -2.18. The molecule has 3 heterocycles. The average Bonchev–Trinajstić information content (AvgIpc) is 3.58. The molecule has 0 spiro atoms. The molecule has 3 aliphatic rings. The van der Waals surface area contributed by atoms with Crippen LogP contribution in [0.1, 0.15) is 67.5 Å². The highest BCUT2D eigenvalue weighted by molar-refractivity contribution is 7.10. The van der Waals surface area contributed by atoms with E-state index in [1.165, 1.54) is 41.7 Å². The minimum Gasteiger partial charge on any atom is -0.339 e. The van der Waals surface area contributed by atoms with E-state index >= 15 is 0 Å². The van der Waals surface area contributed by atoms with E-state index in [4.69, 9.17) is 0 Å². The molecule has 0 radical (unpaired) electrons. The number of fused-ring (bicyclic) bond motifs is 1. The van der Waals surface area contributed by atoms with Crippen LogP contribution < -0.4 is 0 Å². The molecule has 0 N–H and O–H groups in total. The molecule has 1 saturated carbocycles. The number of hydrogen-bond donors (Lipinski definition) is 0. The Morgan fingerprint density at radius 1 is 0.971 bits per heavy atom. The summed E-state index contributed by atoms with van der Waals surface area (Å²) < 4.78 is 0. The van der Waals surface area contributed by atoms with Gasteiger partial charge in [0.15, 0.2) is 0 Å². The summed E-state index contributed by atoms with van der Waals surface area (Å²) in [7, 11) is 0. The largest absolute Gasteiger partial charge is 0.339 e. The van der Waals surface area contributed by atoms with Crippen LogP contribution in [0.4, 0.5) is 0 Å². The number of piperazine rings is 1. The molecule has 6 heteroatoms. The maximum atomic E-state index is 13.6. The summed E-state index contributed by atoms with van der Waals surface area (Å²) in [6.07, 6.45) is 7.94. The van der Waals surface area contributed by atoms with Crippen LogP contribution in [0.5, 0.6) is 0 Å². The second-order valence-corrected chi connectivity index (χ2v) is 11.2. The van der Waals surface area contributed by atoms with E-state index < -0.39 is 0 Å².